The third kappa shape index (κ3) is 1.31. The van der Waals surface area contributed by atoms with Crippen molar-refractivity contribution in [3.63, 3.8) is 0 Å². The Balaban J connectivity index is 2.72. The van der Waals surface area contributed by atoms with Crippen molar-refractivity contribution in [1.82, 2.24) is 10.2 Å². The van der Waals surface area contributed by atoms with Gasteiger partial charge in [0, 0.05) is 5.39 Å². The van der Waals surface area contributed by atoms with Gasteiger partial charge in [-0.3, -0.25) is 5.10 Å². The molecule has 13 heavy (non-hydrogen) atoms. The van der Waals surface area contributed by atoms with Gasteiger partial charge in [-0.25, -0.2) is 0 Å². The molecule has 0 aliphatic carbocycles. The van der Waals surface area contributed by atoms with Crippen LogP contribution in [0.5, 0.6) is 0 Å². The monoisotopic (exact) mass is 176 g/mol. The van der Waals surface area contributed by atoms with Crippen molar-refractivity contribution >= 4 is 10.9 Å². The van der Waals surface area contributed by atoms with E-state index in [0.717, 1.165) is 16.6 Å². The van der Waals surface area contributed by atoms with Gasteiger partial charge in [-0.05, 0) is 19.9 Å². The third-order valence-corrected chi connectivity index (χ3v) is 2.07. The van der Waals surface area contributed by atoms with Crippen LogP contribution in [0.1, 0.15) is 19.5 Å². The van der Waals surface area contributed by atoms with Gasteiger partial charge < -0.3 is 5.11 Å². The lowest BCUT2D eigenvalue weighted by molar-refractivity contribution is 0.0753. The summed E-state index contributed by atoms with van der Waals surface area (Å²) < 4.78 is 0. The Morgan fingerprint density at radius 2 is 2.00 bits per heavy atom. The molecule has 0 fully saturated rings. The molecule has 1 aromatic heterocycles. The van der Waals surface area contributed by atoms with Crippen molar-refractivity contribution in [3.8, 4) is 0 Å². The van der Waals surface area contributed by atoms with E-state index in [1.54, 1.807) is 13.8 Å². The maximum Gasteiger partial charge on any atom is 0.101 e. The SMILES string of the molecule is CC(C)(O)c1[nH]nc2ccccc12. The number of hydrogen-bond acceptors (Lipinski definition) is 2. The molecular weight excluding hydrogens is 164 g/mol. The molecule has 1 heterocycles. The number of aromatic nitrogens is 2. The molecule has 2 rings (SSSR count). The van der Waals surface area contributed by atoms with E-state index in [1.165, 1.54) is 0 Å². The molecule has 0 spiro atoms. The van der Waals surface area contributed by atoms with Gasteiger partial charge >= 0.3 is 0 Å². The van der Waals surface area contributed by atoms with E-state index in [9.17, 15) is 5.11 Å². The van der Waals surface area contributed by atoms with Crippen LogP contribution in [0.3, 0.4) is 0 Å². The maximum atomic E-state index is 9.80. The minimum absolute atomic E-state index is 0.767. The van der Waals surface area contributed by atoms with Crippen LogP contribution >= 0.6 is 0 Å². The number of rotatable bonds is 1. The van der Waals surface area contributed by atoms with E-state index in [0.29, 0.717) is 0 Å². The van der Waals surface area contributed by atoms with Crippen LogP contribution in [-0.2, 0) is 5.60 Å². The van der Waals surface area contributed by atoms with Crippen LogP contribution in [0.15, 0.2) is 24.3 Å². The third-order valence-electron chi connectivity index (χ3n) is 2.07. The molecule has 0 unspecified atom stereocenters. The van der Waals surface area contributed by atoms with Crippen LogP contribution in [0, 0.1) is 0 Å². The molecule has 3 heteroatoms. The normalized spacial score (nSPS) is 12.2. The van der Waals surface area contributed by atoms with E-state index in [-0.39, 0.29) is 0 Å². The first-order valence-electron chi connectivity index (χ1n) is 4.25. The lowest BCUT2D eigenvalue weighted by Crippen LogP contribution is -2.16. The van der Waals surface area contributed by atoms with Crippen LogP contribution in [0.25, 0.3) is 10.9 Å². The highest BCUT2D eigenvalue weighted by Gasteiger charge is 2.20. The molecule has 1 aromatic carbocycles. The van der Waals surface area contributed by atoms with Crippen LogP contribution in [0.4, 0.5) is 0 Å². The molecule has 0 saturated heterocycles. The second kappa shape index (κ2) is 2.57. The van der Waals surface area contributed by atoms with Gasteiger partial charge in [0.15, 0.2) is 0 Å². The van der Waals surface area contributed by atoms with Crippen LogP contribution in [0.2, 0.25) is 0 Å². The highest BCUT2D eigenvalue weighted by atomic mass is 16.3. The molecule has 0 aliphatic rings. The summed E-state index contributed by atoms with van der Waals surface area (Å²) in [5, 5.41) is 17.7. The lowest BCUT2D eigenvalue weighted by atomic mass is 10.0. The standard InChI is InChI=1S/C10H12N2O/c1-10(2,13)9-7-5-3-4-6-8(7)11-12-9/h3-6,13H,1-2H3,(H,11,12). The average molecular weight is 176 g/mol. The molecule has 0 atom stereocenters. The molecule has 2 aromatic rings. The Kier molecular flexibility index (Phi) is 1.63. The first-order chi connectivity index (χ1) is 6.09. The van der Waals surface area contributed by atoms with Gasteiger partial charge in [-0.15, -0.1) is 0 Å². The number of aliphatic hydroxyl groups is 1. The van der Waals surface area contributed by atoms with Crippen molar-refractivity contribution in [2.75, 3.05) is 0 Å². The van der Waals surface area contributed by atoms with E-state index in [1.807, 2.05) is 24.3 Å². The summed E-state index contributed by atoms with van der Waals surface area (Å²) in [7, 11) is 0. The second-order valence-corrected chi connectivity index (χ2v) is 3.67. The Labute approximate surface area is 76.4 Å². The Bertz CT molecular complexity index is 426. The summed E-state index contributed by atoms with van der Waals surface area (Å²) in [4.78, 5) is 0. The highest BCUT2D eigenvalue weighted by Crippen LogP contribution is 2.25. The minimum Gasteiger partial charge on any atom is -0.384 e. The fourth-order valence-electron chi connectivity index (χ4n) is 1.43. The second-order valence-electron chi connectivity index (χ2n) is 3.67. The summed E-state index contributed by atoms with van der Waals surface area (Å²) >= 11 is 0. The fourth-order valence-corrected chi connectivity index (χ4v) is 1.43. The van der Waals surface area contributed by atoms with Crippen LogP contribution in [-0.4, -0.2) is 15.3 Å². The van der Waals surface area contributed by atoms with Gasteiger partial charge in [-0.2, -0.15) is 5.10 Å². The van der Waals surface area contributed by atoms with Crippen molar-refractivity contribution in [3.05, 3.63) is 30.0 Å². The summed E-state index contributed by atoms with van der Waals surface area (Å²) in [6, 6.07) is 7.73. The molecular formula is C10H12N2O. The largest absolute Gasteiger partial charge is 0.384 e. The highest BCUT2D eigenvalue weighted by molar-refractivity contribution is 5.81. The van der Waals surface area contributed by atoms with Crippen molar-refractivity contribution in [2.24, 2.45) is 0 Å². The number of nitrogens with one attached hydrogen (secondary N) is 1. The number of aromatic amines is 1. The minimum atomic E-state index is -0.865. The van der Waals surface area contributed by atoms with Crippen molar-refractivity contribution in [1.29, 1.82) is 0 Å². The Morgan fingerprint density at radius 1 is 1.31 bits per heavy atom. The quantitative estimate of drug-likeness (QED) is 0.696. The van der Waals surface area contributed by atoms with Crippen molar-refractivity contribution in [2.45, 2.75) is 19.4 Å². The summed E-state index contributed by atoms with van der Waals surface area (Å²) in [5.41, 5.74) is 0.790. The topological polar surface area (TPSA) is 48.9 Å². The molecule has 2 N–H and O–H groups in total. The Hall–Kier alpha value is -1.35. The molecule has 0 saturated carbocycles. The first-order valence-corrected chi connectivity index (χ1v) is 4.25. The molecule has 0 bridgehead atoms. The van der Waals surface area contributed by atoms with Gasteiger partial charge in [-0.1, -0.05) is 18.2 Å². The lowest BCUT2D eigenvalue weighted by Gasteiger charge is -2.14. The number of benzene rings is 1. The summed E-state index contributed by atoms with van der Waals surface area (Å²) in [6.45, 7) is 3.49. The molecule has 0 radical (unpaired) electrons. The predicted molar refractivity (Wildman–Crippen MR) is 51.3 cm³/mol. The van der Waals surface area contributed by atoms with Crippen LogP contribution < -0.4 is 0 Å². The molecule has 0 aliphatic heterocycles. The summed E-state index contributed by atoms with van der Waals surface area (Å²) in [5.74, 6) is 0. The van der Waals surface area contributed by atoms with E-state index >= 15 is 0 Å². The maximum absolute atomic E-state index is 9.80. The molecule has 3 nitrogen and oxygen atoms in total. The van der Waals surface area contributed by atoms with Gasteiger partial charge in [0.2, 0.25) is 0 Å². The zero-order valence-corrected chi connectivity index (χ0v) is 7.70. The number of nitrogens with zero attached hydrogens (tertiary/aromatic N) is 1. The van der Waals surface area contributed by atoms with E-state index < -0.39 is 5.60 Å². The van der Waals surface area contributed by atoms with Gasteiger partial charge in [0.25, 0.3) is 0 Å². The van der Waals surface area contributed by atoms with Crippen molar-refractivity contribution < 1.29 is 5.11 Å². The average Bonchev–Trinajstić information content (AvgIpc) is 2.45. The number of hydrogen-bond donors (Lipinski definition) is 2. The smallest absolute Gasteiger partial charge is 0.101 e. The van der Waals surface area contributed by atoms with E-state index in [2.05, 4.69) is 10.2 Å². The predicted octanol–water partition coefficient (Wildman–Crippen LogP) is 1.79. The first kappa shape index (κ1) is 8.26. The number of para-hydroxylation sites is 1. The van der Waals surface area contributed by atoms with E-state index in [4.69, 9.17) is 0 Å². The zero-order valence-electron chi connectivity index (χ0n) is 7.70. The van der Waals surface area contributed by atoms with Gasteiger partial charge in [0.05, 0.1) is 11.2 Å². The molecule has 0 amide bonds. The number of H-pyrrole nitrogens is 1. The molecule has 68 valence electrons. The summed E-state index contributed by atoms with van der Waals surface area (Å²) in [6.07, 6.45) is 0. The Morgan fingerprint density at radius 3 is 2.69 bits per heavy atom. The van der Waals surface area contributed by atoms with Gasteiger partial charge in [0.1, 0.15) is 5.60 Å². The zero-order chi connectivity index (χ0) is 9.47. The number of fused-ring (bicyclic) bond motifs is 1. The fraction of sp³-hybridized carbons (Fsp3) is 0.300.